The van der Waals surface area contributed by atoms with Gasteiger partial charge < -0.3 is 15.1 Å². The molecule has 1 aliphatic rings. The third kappa shape index (κ3) is 5.75. The van der Waals surface area contributed by atoms with E-state index in [1.807, 2.05) is 58.8 Å². The molecule has 1 aliphatic heterocycles. The number of aromatic nitrogens is 2. The predicted molar refractivity (Wildman–Crippen MR) is 150 cm³/mol. The molecule has 1 fully saturated rings. The van der Waals surface area contributed by atoms with Crippen LogP contribution >= 0.6 is 11.3 Å². The quantitative estimate of drug-likeness (QED) is 0.376. The van der Waals surface area contributed by atoms with Gasteiger partial charge in [-0.25, -0.2) is 0 Å². The Morgan fingerprint density at radius 1 is 0.973 bits per heavy atom. The van der Waals surface area contributed by atoms with Gasteiger partial charge in [0.2, 0.25) is 5.91 Å². The van der Waals surface area contributed by atoms with E-state index in [1.165, 1.54) is 15.8 Å². The first kappa shape index (κ1) is 24.8. The molecule has 190 valence electrons. The summed E-state index contributed by atoms with van der Waals surface area (Å²) in [6.45, 7) is 5.20. The third-order valence-electron chi connectivity index (χ3n) is 6.82. The Kier molecular flexibility index (Phi) is 7.65. The highest BCUT2D eigenvalue weighted by Crippen LogP contribution is 2.25. The summed E-state index contributed by atoms with van der Waals surface area (Å²) in [5.41, 5.74) is 4.30. The minimum absolute atomic E-state index is 0.177. The number of nitrogens with one attached hydrogen (secondary N) is 1. The van der Waals surface area contributed by atoms with Gasteiger partial charge in [0.1, 0.15) is 5.69 Å². The second-order valence-electron chi connectivity index (χ2n) is 9.18. The zero-order valence-electron chi connectivity index (χ0n) is 21.0. The monoisotopic (exact) mass is 513 g/mol. The maximum Gasteiger partial charge on any atom is 0.296 e. The molecular weight excluding hydrogens is 482 g/mol. The molecule has 7 nitrogen and oxygen atoms in total. The van der Waals surface area contributed by atoms with Crippen LogP contribution in [0.1, 0.15) is 22.4 Å². The first-order chi connectivity index (χ1) is 18.1. The first-order valence-corrected chi connectivity index (χ1v) is 13.5. The van der Waals surface area contributed by atoms with E-state index in [0.717, 1.165) is 22.7 Å². The normalized spacial score (nSPS) is 13.5. The largest absolute Gasteiger partial charge is 0.374 e. The molecule has 0 unspecified atom stereocenters. The average Bonchev–Trinajstić information content (AvgIpc) is 3.46. The molecule has 3 heterocycles. The van der Waals surface area contributed by atoms with Crippen LogP contribution in [0, 0.1) is 6.92 Å². The lowest BCUT2D eigenvalue weighted by Gasteiger charge is -2.36. The van der Waals surface area contributed by atoms with Gasteiger partial charge in [-0.1, -0.05) is 48.5 Å². The van der Waals surface area contributed by atoms with Crippen molar-refractivity contribution in [2.45, 2.75) is 26.3 Å². The number of piperazine rings is 1. The van der Waals surface area contributed by atoms with E-state index in [-0.39, 0.29) is 11.5 Å². The second kappa shape index (κ2) is 11.4. The first-order valence-electron chi connectivity index (χ1n) is 12.6. The standard InChI is InChI=1S/C29H31N5O2S/c1-22-8-5-6-9-23(22)13-14-27(35)33-17-15-32(16-18-33)26-21-31-34(24-10-3-2-4-11-24)29(36)28(26)30-20-25-12-7-19-37-25/h2-12,19,21,30H,13-18,20H2,1H3. The molecule has 1 amide bonds. The summed E-state index contributed by atoms with van der Waals surface area (Å²) in [6, 6.07) is 21.7. The second-order valence-corrected chi connectivity index (χ2v) is 10.2. The Morgan fingerprint density at radius 2 is 1.73 bits per heavy atom. The van der Waals surface area contributed by atoms with Gasteiger partial charge in [-0.2, -0.15) is 9.78 Å². The van der Waals surface area contributed by atoms with Crippen molar-refractivity contribution >= 4 is 28.6 Å². The van der Waals surface area contributed by atoms with Gasteiger partial charge in [0.15, 0.2) is 0 Å². The Hall–Kier alpha value is -3.91. The van der Waals surface area contributed by atoms with Crippen LogP contribution in [0.15, 0.2) is 83.1 Å². The van der Waals surface area contributed by atoms with Crippen molar-refractivity contribution in [3.05, 3.63) is 105 Å². The summed E-state index contributed by atoms with van der Waals surface area (Å²) in [7, 11) is 0. The molecular formula is C29H31N5O2S. The van der Waals surface area contributed by atoms with E-state index in [1.54, 1.807) is 17.5 Å². The van der Waals surface area contributed by atoms with Crippen LogP contribution in [0.2, 0.25) is 0 Å². The van der Waals surface area contributed by atoms with Gasteiger partial charge in [-0.3, -0.25) is 9.59 Å². The van der Waals surface area contributed by atoms with E-state index in [2.05, 4.69) is 40.4 Å². The topological polar surface area (TPSA) is 70.5 Å². The molecule has 0 radical (unpaired) electrons. The summed E-state index contributed by atoms with van der Waals surface area (Å²) in [4.78, 5) is 31.7. The highest BCUT2D eigenvalue weighted by Gasteiger charge is 2.25. The van der Waals surface area contributed by atoms with Gasteiger partial charge in [0.25, 0.3) is 5.56 Å². The minimum Gasteiger partial charge on any atom is -0.374 e. The van der Waals surface area contributed by atoms with E-state index in [0.29, 0.717) is 44.8 Å². The Morgan fingerprint density at radius 3 is 2.46 bits per heavy atom. The molecule has 2 aromatic carbocycles. The molecule has 0 bridgehead atoms. The zero-order valence-corrected chi connectivity index (χ0v) is 21.8. The zero-order chi connectivity index (χ0) is 25.6. The Bertz CT molecular complexity index is 1390. The highest BCUT2D eigenvalue weighted by atomic mass is 32.1. The fraction of sp³-hybridized carbons (Fsp3) is 0.276. The lowest BCUT2D eigenvalue weighted by atomic mass is 10.0. The molecule has 0 spiro atoms. The number of hydrogen-bond donors (Lipinski definition) is 1. The lowest BCUT2D eigenvalue weighted by Crippen LogP contribution is -2.49. The van der Waals surface area contributed by atoms with E-state index in [9.17, 15) is 9.59 Å². The SMILES string of the molecule is Cc1ccccc1CCC(=O)N1CCN(c2cnn(-c3ccccc3)c(=O)c2NCc2cccs2)CC1. The predicted octanol–water partition coefficient (Wildman–Crippen LogP) is 4.50. The molecule has 0 aliphatic carbocycles. The third-order valence-corrected chi connectivity index (χ3v) is 7.70. The average molecular weight is 514 g/mol. The smallest absolute Gasteiger partial charge is 0.296 e. The minimum atomic E-state index is -0.183. The van der Waals surface area contributed by atoms with Crippen molar-refractivity contribution in [2.24, 2.45) is 0 Å². The Balaban J connectivity index is 1.30. The summed E-state index contributed by atoms with van der Waals surface area (Å²) in [6.07, 6.45) is 3.03. The van der Waals surface area contributed by atoms with E-state index in [4.69, 9.17) is 0 Å². The molecule has 0 atom stereocenters. The van der Waals surface area contributed by atoms with Crippen molar-refractivity contribution in [3.8, 4) is 5.69 Å². The summed E-state index contributed by atoms with van der Waals surface area (Å²) in [5, 5.41) is 9.91. The van der Waals surface area contributed by atoms with Crippen LogP contribution in [0.4, 0.5) is 11.4 Å². The van der Waals surface area contributed by atoms with Crippen molar-refractivity contribution < 1.29 is 4.79 Å². The van der Waals surface area contributed by atoms with Crippen LogP contribution in [-0.4, -0.2) is 46.8 Å². The Labute approximate surface area is 221 Å². The molecule has 2 aromatic heterocycles. The summed E-state index contributed by atoms with van der Waals surface area (Å²) < 4.78 is 1.44. The van der Waals surface area contributed by atoms with E-state index >= 15 is 0 Å². The van der Waals surface area contributed by atoms with Crippen LogP contribution < -0.4 is 15.8 Å². The number of nitrogens with zero attached hydrogens (tertiary/aromatic N) is 4. The molecule has 1 N–H and O–H groups in total. The van der Waals surface area contributed by atoms with Crippen LogP contribution in [-0.2, 0) is 17.8 Å². The lowest BCUT2D eigenvalue weighted by molar-refractivity contribution is -0.131. The summed E-state index contributed by atoms with van der Waals surface area (Å²) >= 11 is 1.65. The number of thiophene rings is 1. The van der Waals surface area contributed by atoms with Crippen LogP contribution in [0.5, 0.6) is 0 Å². The van der Waals surface area contributed by atoms with Crippen molar-refractivity contribution in [1.29, 1.82) is 0 Å². The summed E-state index contributed by atoms with van der Waals surface area (Å²) in [5.74, 6) is 0.177. The molecule has 0 saturated carbocycles. The number of rotatable bonds is 8. The molecule has 4 aromatic rings. The molecule has 1 saturated heterocycles. The fourth-order valence-electron chi connectivity index (χ4n) is 4.68. The van der Waals surface area contributed by atoms with Crippen molar-refractivity contribution in [3.63, 3.8) is 0 Å². The molecule has 5 rings (SSSR count). The number of anilines is 2. The number of carbonyl (C=O) groups excluding carboxylic acids is 1. The highest BCUT2D eigenvalue weighted by molar-refractivity contribution is 7.09. The number of amides is 1. The number of hydrogen-bond acceptors (Lipinski definition) is 6. The van der Waals surface area contributed by atoms with Gasteiger partial charge in [0.05, 0.1) is 17.6 Å². The molecule has 8 heteroatoms. The fourth-order valence-corrected chi connectivity index (χ4v) is 5.32. The number of aryl methyl sites for hydroxylation is 2. The van der Waals surface area contributed by atoms with Gasteiger partial charge >= 0.3 is 0 Å². The number of benzene rings is 2. The van der Waals surface area contributed by atoms with Crippen molar-refractivity contribution in [2.75, 3.05) is 36.4 Å². The van der Waals surface area contributed by atoms with Crippen LogP contribution in [0.25, 0.3) is 5.69 Å². The van der Waals surface area contributed by atoms with E-state index < -0.39 is 0 Å². The molecule has 37 heavy (non-hydrogen) atoms. The van der Waals surface area contributed by atoms with Crippen LogP contribution in [0.3, 0.4) is 0 Å². The van der Waals surface area contributed by atoms with Gasteiger partial charge in [-0.15, -0.1) is 11.3 Å². The van der Waals surface area contributed by atoms with Crippen molar-refractivity contribution in [1.82, 2.24) is 14.7 Å². The van der Waals surface area contributed by atoms with Gasteiger partial charge in [0, 0.05) is 44.0 Å². The number of carbonyl (C=O) groups is 1. The van der Waals surface area contributed by atoms with Gasteiger partial charge in [-0.05, 0) is 48.1 Å². The number of para-hydroxylation sites is 1. The maximum atomic E-state index is 13.6. The maximum absolute atomic E-state index is 13.6.